The molecule has 25 heavy (non-hydrogen) atoms. The molecule has 0 radical (unpaired) electrons. The maximum Gasteiger partial charge on any atom is 0.283 e. The zero-order valence-corrected chi connectivity index (χ0v) is 14.6. The first-order chi connectivity index (χ1) is 12.2. The van der Waals surface area contributed by atoms with Gasteiger partial charge in [-0.1, -0.05) is 48.2 Å². The highest BCUT2D eigenvalue weighted by molar-refractivity contribution is 7.99. The molecule has 0 aliphatic carbocycles. The number of nitrogens with zero attached hydrogens (tertiary/aromatic N) is 2. The number of hydrogen-bond donors (Lipinski definition) is 0. The van der Waals surface area contributed by atoms with Gasteiger partial charge in [0.15, 0.2) is 0 Å². The summed E-state index contributed by atoms with van der Waals surface area (Å²) in [7, 11) is 0. The molecule has 0 unspecified atom stereocenters. The van der Waals surface area contributed by atoms with Gasteiger partial charge in [-0.15, -0.1) is 11.3 Å². The zero-order valence-electron chi connectivity index (χ0n) is 13.0. The minimum Gasteiger partial charge on any atom is -0.258 e. The summed E-state index contributed by atoms with van der Waals surface area (Å²) >= 11 is 2.93. The first-order valence-corrected chi connectivity index (χ1v) is 9.21. The fraction of sp³-hybridized carbons (Fsp3) is 0. The summed E-state index contributed by atoms with van der Waals surface area (Å²) in [6.07, 6.45) is 0. The maximum atomic E-state index is 11.5. The topological polar surface area (TPSA) is 56.0 Å². The zero-order chi connectivity index (χ0) is 17.2. The highest BCUT2D eigenvalue weighted by Gasteiger charge is 2.18. The largest absolute Gasteiger partial charge is 0.283 e. The Morgan fingerprint density at radius 3 is 2.48 bits per heavy atom. The van der Waals surface area contributed by atoms with Crippen molar-refractivity contribution in [2.75, 3.05) is 0 Å². The van der Waals surface area contributed by atoms with E-state index in [0.29, 0.717) is 4.90 Å². The quantitative estimate of drug-likeness (QED) is 0.328. The Morgan fingerprint density at radius 2 is 1.72 bits per heavy atom. The van der Waals surface area contributed by atoms with Crippen molar-refractivity contribution in [1.29, 1.82) is 0 Å². The van der Waals surface area contributed by atoms with E-state index >= 15 is 0 Å². The summed E-state index contributed by atoms with van der Waals surface area (Å²) in [5.41, 5.74) is 1.78. The molecule has 4 aromatic rings. The third kappa shape index (κ3) is 3.26. The summed E-state index contributed by atoms with van der Waals surface area (Å²) in [6.45, 7) is 0. The Bertz CT molecular complexity index is 1030. The summed E-state index contributed by atoms with van der Waals surface area (Å²) < 4.78 is 1.07. The van der Waals surface area contributed by atoms with Crippen molar-refractivity contribution in [1.82, 2.24) is 4.98 Å². The molecule has 0 N–H and O–H groups in total. The van der Waals surface area contributed by atoms with Gasteiger partial charge in [0.05, 0.1) is 20.0 Å². The molecule has 1 heterocycles. The molecule has 0 fully saturated rings. The van der Waals surface area contributed by atoms with Crippen LogP contribution in [0, 0.1) is 10.1 Å². The minimum absolute atomic E-state index is 0.102. The van der Waals surface area contributed by atoms with Gasteiger partial charge in [-0.2, -0.15) is 0 Å². The maximum absolute atomic E-state index is 11.5. The lowest BCUT2D eigenvalue weighted by Crippen LogP contribution is -1.91. The standard InChI is InChI=1S/C19H12N2O2S2/c22-21(23)16-12-13(19-20-15-8-4-5-9-17(15)25-19)10-11-18(16)24-14-6-2-1-3-7-14/h1-12H. The second kappa shape index (κ2) is 6.66. The van der Waals surface area contributed by atoms with Crippen molar-refractivity contribution in [3.63, 3.8) is 0 Å². The molecule has 0 atom stereocenters. The number of rotatable bonds is 4. The van der Waals surface area contributed by atoms with E-state index in [1.807, 2.05) is 60.7 Å². The Labute approximate surface area is 152 Å². The molecular formula is C19H12N2O2S2. The van der Waals surface area contributed by atoms with Crippen molar-refractivity contribution in [3.8, 4) is 10.6 Å². The average molecular weight is 364 g/mol. The monoisotopic (exact) mass is 364 g/mol. The van der Waals surface area contributed by atoms with Gasteiger partial charge in [0.2, 0.25) is 0 Å². The fourth-order valence-electron chi connectivity index (χ4n) is 2.49. The number of thiazole rings is 1. The average Bonchev–Trinajstić information content (AvgIpc) is 3.07. The second-order valence-corrected chi connectivity index (χ2v) is 7.49. The lowest BCUT2D eigenvalue weighted by atomic mass is 10.2. The van der Waals surface area contributed by atoms with Crippen LogP contribution in [0.15, 0.2) is 82.6 Å². The second-order valence-electron chi connectivity index (χ2n) is 5.34. The Morgan fingerprint density at radius 1 is 0.960 bits per heavy atom. The first-order valence-electron chi connectivity index (χ1n) is 7.58. The van der Waals surface area contributed by atoms with Crippen LogP contribution in [-0.2, 0) is 0 Å². The highest BCUT2D eigenvalue weighted by atomic mass is 32.2. The molecule has 0 saturated carbocycles. The molecule has 0 saturated heterocycles. The van der Waals surface area contributed by atoms with E-state index in [-0.39, 0.29) is 10.6 Å². The van der Waals surface area contributed by atoms with Gasteiger partial charge in [0.1, 0.15) is 5.01 Å². The fourth-order valence-corrected chi connectivity index (χ4v) is 4.37. The van der Waals surface area contributed by atoms with E-state index in [0.717, 1.165) is 25.7 Å². The van der Waals surface area contributed by atoms with Gasteiger partial charge in [0, 0.05) is 16.5 Å². The highest BCUT2D eigenvalue weighted by Crippen LogP contribution is 2.38. The van der Waals surface area contributed by atoms with Crippen LogP contribution in [0.5, 0.6) is 0 Å². The summed E-state index contributed by atoms with van der Waals surface area (Å²) in [6, 6.07) is 22.8. The van der Waals surface area contributed by atoms with Crippen LogP contribution in [-0.4, -0.2) is 9.91 Å². The normalized spacial score (nSPS) is 10.9. The molecule has 1 aromatic heterocycles. The SMILES string of the molecule is O=[N+]([O-])c1cc(-c2nc3ccccc3s2)ccc1Sc1ccccc1. The van der Waals surface area contributed by atoms with E-state index in [9.17, 15) is 10.1 Å². The van der Waals surface area contributed by atoms with E-state index in [2.05, 4.69) is 4.98 Å². The predicted octanol–water partition coefficient (Wildman–Crippen LogP) is 6.02. The van der Waals surface area contributed by atoms with Crippen molar-refractivity contribution < 1.29 is 4.92 Å². The Balaban J connectivity index is 1.75. The van der Waals surface area contributed by atoms with Gasteiger partial charge in [-0.05, 0) is 30.3 Å². The smallest absolute Gasteiger partial charge is 0.258 e. The van der Waals surface area contributed by atoms with Crippen LogP contribution < -0.4 is 0 Å². The molecule has 0 aliphatic rings. The van der Waals surface area contributed by atoms with Crippen molar-refractivity contribution in [2.24, 2.45) is 0 Å². The lowest BCUT2D eigenvalue weighted by molar-refractivity contribution is -0.387. The molecule has 0 spiro atoms. The van der Waals surface area contributed by atoms with Crippen LogP contribution in [0.4, 0.5) is 5.69 Å². The molecular weight excluding hydrogens is 352 g/mol. The molecule has 4 nitrogen and oxygen atoms in total. The van der Waals surface area contributed by atoms with E-state index < -0.39 is 0 Å². The van der Waals surface area contributed by atoms with Crippen molar-refractivity contribution in [3.05, 3.63) is 82.9 Å². The van der Waals surface area contributed by atoms with E-state index in [1.165, 1.54) is 11.8 Å². The number of aromatic nitrogens is 1. The summed E-state index contributed by atoms with van der Waals surface area (Å²) in [5.74, 6) is 0. The van der Waals surface area contributed by atoms with Crippen molar-refractivity contribution >= 4 is 39.0 Å². The van der Waals surface area contributed by atoms with Crippen LogP contribution in [0.3, 0.4) is 0 Å². The predicted molar refractivity (Wildman–Crippen MR) is 102 cm³/mol. The number of fused-ring (bicyclic) bond motifs is 1. The van der Waals surface area contributed by atoms with Crippen LogP contribution >= 0.6 is 23.1 Å². The van der Waals surface area contributed by atoms with Gasteiger partial charge < -0.3 is 0 Å². The number of nitro benzene ring substituents is 1. The molecule has 3 aromatic carbocycles. The van der Waals surface area contributed by atoms with Gasteiger partial charge in [-0.3, -0.25) is 10.1 Å². The number of benzene rings is 3. The molecule has 6 heteroatoms. The minimum atomic E-state index is -0.331. The molecule has 0 amide bonds. The van der Waals surface area contributed by atoms with E-state index in [1.54, 1.807) is 23.5 Å². The van der Waals surface area contributed by atoms with Crippen LogP contribution in [0.2, 0.25) is 0 Å². The Hall–Kier alpha value is -2.70. The van der Waals surface area contributed by atoms with Gasteiger partial charge in [0.25, 0.3) is 5.69 Å². The summed E-state index contributed by atoms with van der Waals surface area (Å²) in [4.78, 5) is 17.4. The first kappa shape index (κ1) is 15.8. The lowest BCUT2D eigenvalue weighted by Gasteiger charge is -2.04. The molecule has 0 aliphatic heterocycles. The van der Waals surface area contributed by atoms with Crippen LogP contribution in [0.1, 0.15) is 0 Å². The van der Waals surface area contributed by atoms with Gasteiger partial charge in [-0.25, -0.2) is 4.98 Å². The molecule has 122 valence electrons. The van der Waals surface area contributed by atoms with Crippen LogP contribution in [0.25, 0.3) is 20.8 Å². The van der Waals surface area contributed by atoms with Gasteiger partial charge >= 0.3 is 0 Å². The third-order valence-corrected chi connectivity index (χ3v) is 5.83. The number of hydrogen-bond acceptors (Lipinski definition) is 5. The third-order valence-electron chi connectivity index (χ3n) is 3.67. The number of nitro groups is 1. The summed E-state index contributed by atoms with van der Waals surface area (Å²) in [5, 5.41) is 12.3. The Kier molecular flexibility index (Phi) is 4.21. The molecule has 0 bridgehead atoms. The van der Waals surface area contributed by atoms with E-state index in [4.69, 9.17) is 0 Å². The number of para-hydroxylation sites is 1. The molecule has 4 rings (SSSR count). The van der Waals surface area contributed by atoms with Crippen molar-refractivity contribution in [2.45, 2.75) is 9.79 Å².